The molecular formula is C13H14N4O4. The molecule has 8 heteroatoms. The quantitative estimate of drug-likeness (QED) is 0.737. The Labute approximate surface area is 119 Å². The molecule has 0 unspecified atom stereocenters. The number of carboxylic acids is 1. The van der Waals surface area contributed by atoms with Gasteiger partial charge in [-0.25, -0.2) is 9.78 Å². The second-order valence-electron chi connectivity index (χ2n) is 4.91. The van der Waals surface area contributed by atoms with Gasteiger partial charge in [-0.15, -0.1) is 0 Å². The Hall–Kier alpha value is -2.61. The first kappa shape index (κ1) is 13.4. The zero-order valence-corrected chi connectivity index (χ0v) is 11.1. The van der Waals surface area contributed by atoms with Crippen molar-refractivity contribution < 1.29 is 14.3 Å². The van der Waals surface area contributed by atoms with Crippen molar-refractivity contribution in [3.05, 3.63) is 45.3 Å². The van der Waals surface area contributed by atoms with E-state index in [-0.39, 0.29) is 17.3 Å². The summed E-state index contributed by atoms with van der Waals surface area (Å²) in [5.74, 6) is -0.504. The summed E-state index contributed by atoms with van der Waals surface area (Å²) in [4.78, 5) is 31.3. The molecule has 2 aromatic rings. The maximum Gasteiger partial charge on any atom is 0.371 e. The Morgan fingerprint density at radius 1 is 1.52 bits per heavy atom. The number of nitrogens with zero attached hydrogens (tertiary/aromatic N) is 2. The average Bonchev–Trinajstić information content (AvgIpc) is 2.88. The van der Waals surface area contributed by atoms with Crippen molar-refractivity contribution in [3.8, 4) is 0 Å². The molecule has 2 aromatic heterocycles. The van der Waals surface area contributed by atoms with Crippen LogP contribution in [0.3, 0.4) is 0 Å². The number of furan rings is 1. The fourth-order valence-electron chi connectivity index (χ4n) is 2.43. The monoisotopic (exact) mass is 290 g/mol. The Bertz CT molecular complexity index is 749. The number of nitrogen functional groups attached to an aromatic ring is 1. The van der Waals surface area contributed by atoms with Gasteiger partial charge in [0.25, 0.3) is 5.56 Å². The number of hydrogen-bond acceptors (Lipinski definition) is 6. The van der Waals surface area contributed by atoms with Crippen molar-refractivity contribution in [2.75, 3.05) is 12.3 Å². The van der Waals surface area contributed by atoms with Gasteiger partial charge in [-0.2, -0.15) is 0 Å². The molecule has 3 rings (SSSR count). The summed E-state index contributed by atoms with van der Waals surface area (Å²) >= 11 is 0. The molecule has 0 bridgehead atoms. The van der Waals surface area contributed by atoms with Crippen molar-refractivity contribution in [3.63, 3.8) is 0 Å². The van der Waals surface area contributed by atoms with Crippen molar-refractivity contribution in [2.45, 2.75) is 19.5 Å². The first-order valence-corrected chi connectivity index (χ1v) is 6.45. The van der Waals surface area contributed by atoms with Gasteiger partial charge in [-0.05, 0) is 12.1 Å². The van der Waals surface area contributed by atoms with Crippen LogP contribution in [0.15, 0.2) is 21.3 Å². The third-order valence-corrected chi connectivity index (χ3v) is 3.42. The molecule has 0 saturated carbocycles. The van der Waals surface area contributed by atoms with Crippen LogP contribution in [0.25, 0.3) is 0 Å². The zero-order valence-electron chi connectivity index (χ0n) is 11.1. The summed E-state index contributed by atoms with van der Waals surface area (Å²) in [6.45, 7) is 1.57. The predicted octanol–water partition coefficient (Wildman–Crippen LogP) is 0.202. The lowest BCUT2D eigenvalue weighted by Gasteiger charge is -2.26. The van der Waals surface area contributed by atoms with Crippen LogP contribution < -0.4 is 11.3 Å². The van der Waals surface area contributed by atoms with E-state index in [2.05, 4.69) is 9.97 Å². The van der Waals surface area contributed by atoms with E-state index in [1.54, 1.807) is 6.07 Å². The summed E-state index contributed by atoms with van der Waals surface area (Å²) < 4.78 is 5.22. The van der Waals surface area contributed by atoms with E-state index in [0.29, 0.717) is 37.4 Å². The number of nitrogens with two attached hydrogens (primary N) is 1. The largest absolute Gasteiger partial charge is 0.475 e. The van der Waals surface area contributed by atoms with Crippen LogP contribution in [0.5, 0.6) is 0 Å². The summed E-state index contributed by atoms with van der Waals surface area (Å²) in [6.07, 6.45) is 0.621. The lowest BCUT2D eigenvalue weighted by Crippen LogP contribution is -2.35. The minimum Gasteiger partial charge on any atom is -0.475 e. The Morgan fingerprint density at radius 3 is 3.05 bits per heavy atom. The van der Waals surface area contributed by atoms with Crippen molar-refractivity contribution in [1.29, 1.82) is 0 Å². The molecule has 0 atom stereocenters. The molecule has 0 amide bonds. The molecule has 3 heterocycles. The van der Waals surface area contributed by atoms with E-state index >= 15 is 0 Å². The summed E-state index contributed by atoms with van der Waals surface area (Å²) in [7, 11) is 0. The van der Waals surface area contributed by atoms with Gasteiger partial charge in [0.2, 0.25) is 11.7 Å². The Kier molecular flexibility index (Phi) is 3.22. The highest BCUT2D eigenvalue weighted by Crippen LogP contribution is 2.18. The number of nitrogens with one attached hydrogen (secondary N) is 1. The number of H-pyrrole nitrogens is 1. The number of carboxylic acid groups (broad SMARTS) is 1. The molecule has 1 aliphatic rings. The average molecular weight is 290 g/mol. The standard InChI is InChI=1S/C13H14N4O4/c14-13-15-9-3-4-17(6-8(9)11(18)16-13)5-7-1-2-10(21-7)12(19)20/h1-2H,3-6H2,(H,19,20)(H3,14,15,16,18). The minimum atomic E-state index is -1.10. The van der Waals surface area contributed by atoms with Gasteiger partial charge in [-0.3, -0.25) is 14.7 Å². The smallest absolute Gasteiger partial charge is 0.371 e. The van der Waals surface area contributed by atoms with Gasteiger partial charge in [0.05, 0.1) is 17.8 Å². The molecule has 0 aliphatic carbocycles. The van der Waals surface area contributed by atoms with Gasteiger partial charge < -0.3 is 15.3 Å². The van der Waals surface area contributed by atoms with E-state index in [1.165, 1.54) is 6.07 Å². The zero-order chi connectivity index (χ0) is 15.0. The number of aromatic nitrogens is 2. The third-order valence-electron chi connectivity index (χ3n) is 3.42. The van der Waals surface area contributed by atoms with Crippen LogP contribution in [0.1, 0.15) is 27.6 Å². The fraction of sp³-hybridized carbons (Fsp3) is 0.308. The van der Waals surface area contributed by atoms with E-state index in [0.717, 1.165) is 5.69 Å². The van der Waals surface area contributed by atoms with Crippen molar-refractivity contribution >= 4 is 11.9 Å². The van der Waals surface area contributed by atoms with E-state index in [1.807, 2.05) is 4.90 Å². The number of rotatable bonds is 3. The van der Waals surface area contributed by atoms with Crippen LogP contribution in [-0.4, -0.2) is 32.5 Å². The van der Waals surface area contributed by atoms with Crippen molar-refractivity contribution in [2.24, 2.45) is 0 Å². The van der Waals surface area contributed by atoms with Crippen LogP contribution in [0, 0.1) is 0 Å². The Balaban J connectivity index is 1.77. The Morgan fingerprint density at radius 2 is 2.33 bits per heavy atom. The summed E-state index contributed by atoms with van der Waals surface area (Å²) in [5.41, 5.74) is 6.61. The molecule has 1 aliphatic heterocycles. The molecule has 8 nitrogen and oxygen atoms in total. The highest BCUT2D eigenvalue weighted by atomic mass is 16.4. The van der Waals surface area contributed by atoms with Gasteiger partial charge >= 0.3 is 5.97 Å². The second-order valence-corrected chi connectivity index (χ2v) is 4.91. The summed E-state index contributed by atoms with van der Waals surface area (Å²) in [6, 6.07) is 3.05. The lowest BCUT2D eigenvalue weighted by atomic mass is 10.1. The topological polar surface area (TPSA) is 125 Å². The van der Waals surface area contributed by atoms with Gasteiger partial charge in [0.1, 0.15) is 5.76 Å². The van der Waals surface area contributed by atoms with Gasteiger partial charge in [0, 0.05) is 19.5 Å². The number of carbonyl (C=O) groups is 1. The normalized spacial score (nSPS) is 14.9. The molecule has 21 heavy (non-hydrogen) atoms. The molecule has 0 aromatic carbocycles. The van der Waals surface area contributed by atoms with Crippen LogP contribution in [0.2, 0.25) is 0 Å². The highest BCUT2D eigenvalue weighted by Gasteiger charge is 2.22. The molecule has 0 fully saturated rings. The first-order chi connectivity index (χ1) is 10.0. The first-order valence-electron chi connectivity index (χ1n) is 6.45. The maximum absolute atomic E-state index is 11.9. The molecule has 110 valence electrons. The van der Waals surface area contributed by atoms with E-state index < -0.39 is 5.97 Å². The van der Waals surface area contributed by atoms with Crippen molar-refractivity contribution in [1.82, 2.24) is 14.9 Å². The van der Waals surface area contributed by atoms with Crippen LogP contribution in [-0.2, 0) is 19.5 Å². The lowest BCUT2D eigenvalue weighted by molar-refractivity contribution is 0.0658. The van der Waals surface area contributed by atoms with E-state index in [4.69, 9.17) is 15.3 Å². The summed E-state index contributed by atoms with van der Waals surface area (Å²) in [5, 5.41) is 8.82. The number of aromatic carboxylic acids is 1. The predicted molar refractivity (Wildman–Crippen MR) is 72.8 cm³/mol. The second kappa shape index (κ2) is 5.06. The molecule has 4 N–H and O–H groups in total. The maximum atomic E-state index is 11.9. The number of hydrogen-bond donors (Lipinski definition) is 3. The number of fused-ring (bicyclic) bond motifs is 1. The van der Waals surface area contributed by atoms with Crippen LogP contribution >= 0.6 is 0 Å². The molecular weight excluding hydrogens is 276 g/mol. The van der Waals surface area contributed by atoms with Gasteiger partial charge in [-0.1, -0.05) is 0 Å². The number of anilines is 1. The van der Waals surface area contributed by atoms with Gasteiger partial charge in [0.15, 0.2) is 0 Å². The minimum absolute atomic E-state index is 0.0882. The third kappa shape index (κ3) is 2.65. The SMILES string of the molecule is Nc1nc2c(c(=O)[nH]1)CN(Cc1ccc(C(=O)O)o1)CC2. The highest BCUT2D eigenvalue weighted by molar-refractivity contribution is 5.84. The van der Waals surface area contributed by atoms with Crippen LogP contribution in [0.4, 0.5) is 5.95 Å². The number of aromatic amines is 1. The van der Waals surface area contributed by atoms with E-state index in [9.17, 15) is 9.59 Å². The molecule has 0 spiro atoms. The fourth-order valence-corrected chi connectivity index (χ4v) is 2.43. The molecule has 0 radical (unpaired) electrons. The molecule has 0 saturated heterocycles.